The van der Waals surface area contributed by atoms with Gasteiger partial charge in [0.05, 0.1) is 6.10 Å². The van der Waals surface area contributed by atoms with Crippen molar-refractivity contribution in [2.45, 2.75) is 38.7 Å². The molecule has 2 heterocycles. The summed E-state index contributed by atoms with van der Waals surface area (Å²) >= 11 is 0. The van der Waals surface area contributed by atoms with Crippen molar-refractivity contribution < 1.29 is 9.53 Å². The van der Waals surface area contributed by atoms with Gasteiger partial charge in [-0.05, 0) is 55.9 Å². The van der Waals surface area contributed by atoms with E-state index in [1.165, 1.54) is 18.5 Å². The SMILES string of the molecule is CC1CCN(c2ccc(NC(=O)NCC3CCCO3)cc2)CC1. The van der Waals surface area contributed by atoms with Gasteiger partial charge in [0.25, 0.3) is 0 Å². The summed E-state index contributed by atoms with van der Waals surface area (Å²) in [4.78, 5) is 14.3. The smallest absolute Gasteiger partial charge is 0.319 e. The molecule has 2 aliphatic heterocycles. The lowest BCUT2D eigenvalue weighted by Gasteiger charge is -2.32. The highest BCUT2D eigenvalue weighted by Crippen LogP contribution is 2.24. The molecule has 0 radical (unpaired) electrons. The summed E-state index contributed by atoms with van der Waals surface area (Å²) in [5.41, 5.74) is 2.06. The normalized spacial score (nSPS) is 22.1. The molecular weight excluding hydrogens is 290 g/mol. The molecule has 1 aromatic rings. The van der Waals surface area contributed by atoms with Crippen LogP contribution in [-0.2, 0) is 4.74 Å². The van der Waals surface area contributed by atoms with Crippen LogP contribution in [0.5, 0.6) is 0 Å². The summed E-state index contributed by atoms with van der Waals surface area (Å²) < 4.78 is 5.50. The lowest BCUT2D eigenvalue weighted by atomic mass is 9.99. The Morgan fingerprint density at radius 1 is 1.22 bits per heavy atom. The minimum atomic E-state index is -0.167. The topological polar surface area (TPSA) is 53.6 Å². The van der Waals surface area contributed by atoms with Crippen molar-refractivity contribution in [3.63, 3.8) is 0 Å². The molecule has 1 atom stereocenters. The Balaban J connectivity index is 1.46. The van der Waals surface area contributed by atoms with Gasteiger partial charge >= 0.3 is 6.03 Å². The zero-order chi connectivity index (χ0) is 16.1. The molecule has 0 bridgehead atoms. The minimum Gasteiger partial charge on any atom is -0.376 e. The largest absolute Gasteiger partial charge is 0.376 e. The summed E-state index contributed by atoms with van der Waals surface area (Å²) in [5, 5.41) is 5.75. The molecule has 23 heavy (non-hydrogen) atoms. The van der Waals surface area contributed by atoms with Crippen LogP contribution in [0.25, 0.3) is 0 Å². The second-order valence-corrected chi connectivity index (χ2v) is 6.69. The Labute approximate surface area is 138 Å². The van der Waals surface area contributed by atoms with E-state index in [1.807, 2.05) is 12.1 Å². The van der Waals surface area contributed by atoms with Crippen LogP contribution in [0.4, 0.5) is 16.2 Å². The molecule has 0 saturated carbocycles. The van der Waals surface area contributed by atoms with Crippen LogP contribution in [0.2, 0.25) is 0 Å². The molecule has 1 unspecified atom stereocenters. The highest BCUT2D eigenvalue weighted by atomic mass is 16.5. The van der Waals surface area contributed by atoms with Gasteiger partial charge in [-0.2, -0.15) is 0 Å². The number of nitrogens with one attached hydrogen (secondary N) is 2. The first kappa shape index (κ1) is 16.1. The van der Waals surface area contributed by atoms with E-state index in [1.54, 1.807) is 0 Å². The molecular formula is C18H27N3O2. The molecule has 5 heteroatoms. The second-order valence-electron chi connectivity index (χ2n) is 6.69. The molecule has 0 aromatic heterocycles. The maximum absolute atomic E-state index is 11.9. The van der Waals surface area contributed by atoms with Gasteiger partial charge in [0.15, 0.2) is 0 Å². The molecule has 0 aliphatic carbocycles. The predicted molar refractivity (Wildman–Crippen MR) is 93.0 cm³/mol. The molecule has 2 aliphatic rings. The number of piperidine rings is 1. The summed E-state index contributed by atoms with van der Waals surface area (Å²) in [6.45, 7) is 5.95. The lowest BCUT2D eigenvalue weighted by Crippen LogP contribution is -2.35. The third-order valence-corrected chi connectivity index (χ3v) is 4.79. The highest BCUT2D eigenvalue weighted by Gasteiger charge is 2.17. The second kappa shape index (κ2) is 7.68. The van der Waals surface area contributed by atoms with E-state index < -0.39 is 0 Å². The average molecular weight is 317 g/mol. The number of hydrogen-bond donors (Lipinski definition) is 2. The van der Waals surface area contributed by atoms with Crippen molar-refractivity contribution in [3.05, 3.63) is 24.3 Å². The van der Waals surface area contributed by atoms with Crippen LogP contribution in [0.15, 0.2) is 24.3 Å². The summed E-state index contributed by atoms with van der Waals surface area (Å²) in [5.74, 6) is 0.833. The third kappa shape index (κ3) is 4.61. The van der Waals surface area contributed by atoms with Gasteiger partial charge in [0.1, 0.15) is 0 Å². The highest BCUT2D eigenvalue weighted by molar-refractivity contribution is 5.89. The molecule has 1 aromatic carbocycles. The van der Waals surface area contributed by atoms with Gasteiger partial charge in [-0.1, -0.05) is 6.92 Å². The van der Waals surface area contributed by atoms with E-state index in [0.29, 0.717) is 6.54 Å². The summed E-state index contributed by atoms with van der Waals surface area (Å²) in [6, 6.07) is 7.95. The molecule has 0 spiro atoms. The van der Waals surface area contributed by atoms with Crippen LogP contribution >= 0.6 is 0 Å². The quantitative estimate of drug-likeness (QED) is 0.896. The number of nitrogens with zero attached hydrogens (tertiary/aromatic N) is 1. The van der Waals surface area contributed by atoms with Crippen LogP contribution in [0.1, 0.15) is 32.6 Å². The molecule has 2 N–H and O–H groups in total. The zero-order valence-electron chi connectivity index (χ0n) is 13.9. The van der Waals surface area contributed by atoms with Crippen LogP contribution in [0.3, 0.4) is 0 Å². The third-order valence-electron chi connectivity index (χ3n) is 4.79. The fourth-order valence-corrected chi connectivity index (χ4v) is 3.21. The van der Waals surface area contributed by atoms with E-state index in [4.69, 9.17) is 4.74 Å². The van der Waals surface area contributed by atoms with Crippen molar-refractivity contribution in [3.8, 4) is 0 Å². The van der Waals surface area contributed by atoms with Crippen LogP contribution < -0.4 is 15.5 Å². The van der Waals surface area contributed by atoms with Crippen molar-refractivity contribution in [1.82, 2.24) is 5.32 Å². The van der Waals surface area contributed by atoms with Crippen LogP contribution in [-0.4, -0.2) is 38.4 Å². The van der Waals surface area contributed by atoms with Gasteiger partial charge in [-0.25, -0.2) is 4.79 Å². The number of benzene rings is 1. The fraction of sp³-hybridized carbons (Fsp3) is 0.611. The van der Waals surface area contributed by atoms with Gasteiger partial charge < -0.3 is 20.3 Å². The molecule has 2 saturated heterocycles. The number of carbonyl (C=O) groups is 1. The standard InChI is InChI=1S/C18H27N3O2/c1-14-8-10-21(11-9-14)16-6-4-15(5-7-16)20-18(22)19-13-17-3-2-12-23-17/h4-7,14,17H,2-3,8-13H2,1H3,(H2,19,20,22). The van der Waals surface area contributed by atoms with Crippen molar-refractivity contribution in [2.24, 2.45) is 5.92 Å². The lowest BCUT2D eigenvalue weighted by molar-refractivity contribution is 0.112. The number of anilines is 2. The van der Waals surface area contributed by atoms with E-state index in [-0.39, 0.29) is 12.1 Å². The average Bonchev–Trinajstić information content (AvgIpc) is 3.08. The molecule has 3 rings (SSSR count). The number of rotatable bonds is 4. The Morgan fingerprint density at radius 3 is 2.61 bits per heavy atom. The molecule has 2 fully saturated rings. The predicted octanol–water partition coefficient (Wildman–Crippen LogP) is 3.22. The Morgan fingerprint density at radius 2 is 1.96 bits per heavy atom. The van der Waals surface area contributed by atoms with Gasteiger partial charge in [-0.3, -0.25) is 0 Å². The Hall–Kier alpha value is -1.75. The van der Waals surface area contributed by atoms with E-state index >= 15 is 0 Å². The summed E-state index contributed by atoms with van der Waals surface area (Å²) in [7, 11) is 0. The van der Waals surface area contributed by atoms with Crippen molar-refractivity contribution >= 4 is 17.4 Å². The number of hydrogen-bond acceptors (Lipinski definition) is 3. The van der Waals surface area contributed by atoms with Crippen molar-refractivity contribution in [1.29, 1.82) is 0 Å². The first-order valence-electron chi connectivity index (χ1n) is 8.72. The van der Waals surface area contributed by atoms with Crippen molar-refractivity contribution in [2.75, 3.05) is 36.5 Å². The maximum atomic E-state index is 11.9. The zero-order valence-corrected chi connectivity index (χ0v) is 13.9. The number of ether oxygens (including phenoxy) is 1. The van der Waals surface area contributed by atoms with Gasteiger partial charge in [0, 0.05) is 37.6 Å². The number of amides is 2. The molecule has 5 nitrogen and oxygen atoms in total. The molecule has 126 valence electrons. The number of carbonyl (C=O) groups excluding carboxylic acids is 1. The molecule has 2 amide bonds. The maximum Gasteiger partial charge on any atom is 0.319 e. The van der Waals surface area contributed by atoms with Gasteiger partial charge in [0.2, 0.25) is 0 Å². The first-order valence-corrected chi connectivity index (χ1v) is 8.72. The number of urea groups is 1. The minimum absolute atomic E-state index is 0.167. The fourth-order valence-electron chi connectivity index (χ4n) is 3.21. The van der Waals surface area contributed by atoms with E-state index in [9.17, 15) is 4.79 Å². The van der Waals surface area contributed by atoms with Crippen LogP contribution in [0, 0.1) is 5.92 Å². The van der Waals surface area contributed by atoms with Gasteiger partial charge in [-0.15, -0.1) is 0 Å². The monoisotopic (exact) mass is 317 g/mol. The first-order chi connectivity index (χ1) is 11.2. The van der Waals surface area contributed by atoms with E-state index in [0.717, 1.165) is 44.1 Å². The Kier molecular flexibility index (Phi) is 5.39. The van der Waals surface area contributed by atoms with E-state index in [2.05, 4.69) is 34.6 Å². The summed E-state index contributed by atoms with van der Waals surface area (Å²) in [6.07, 6.45) is 4.80. The Bertz CT molecular complexity index is 504.